The number of fused-ring (bicyclic) bond motifs is 6. The number of hydrogen-bond donors (Lipinski definition) is 0. The zero-order valence-electron chi connectivity index (χ0n) is 17.3. The average Bonchev–Trinajstić information content (AvgIpc) is 2.85. The van der Waals surface area contributed by atoms with Crippen LogP contribution in [0.1, 0.15) is 5.56 Å². The van der Waals surface area contributed by atoms with E-state index in [4.69, 9.17) is 4.98 Å². The lowest BCUT2D eigenvalue weighted by molar-refractivity contribution is 1.33. The van der Waals surface area contributed by atoms with Crippen LogP contribution < -0.4 is 0 Å². The fraction of sp³-hybridized carbons (Fsp3) is 0.0333. The maximum Gasteiger partial charge on any atom is 0.0711 e. The molecule has 1 heteroatoms. The van der Waals surface area contributed by atoms with Gasteiger partial charge in [-0.3, -0.25) is 4.98 Å². The van der Waals surface area contributed by atoms with Crippen molar-refractivity contribution in [2.45, 2.75) is 6.92 Å². The Morgan fingerprint density at radius 1 is 0.484 bits per heavy atom. The summed E-state index contributed by atoms with van der Waals surface area (Å²) in [5.74, 6) is 0. The molecule has 6 rings (SSSR count). The van der Waals surface area contributed by atoms with E-state index in [0.717, 1.165) is 5.69 Å². The van der Waals surface area contributed by atoms with Crippen molar-refractivity contribution in [2.24, 2.45) is 0 Å². The zero-order valence-corrected chi connectivity index (χ0v) is 17.3. The summed E-state index contributed by atoms with van der Waals surface area (Å²) in [6.45, 7) is 2.16. The Hall–Kier alpha value is -3.97. The van der Waals surface area contributed by atoms with Crippen molar-refractivity contribution in [1.82, 2.24) is 4.98 Å². The van der Waals surface area contributed by atoms with Gasteiger partial charge in [-0.1, -0.05) is 91.0 Å². The first-order valence-electron chi connectivity index (χ1n) is 10.7. The van der Waals surface area contributed by atoms with E-state index in [0.29, 0.717) is 0 Å². The summed E-state index contributed by atoms with van der Waals surface area (Å²) in [4.78, 5) is 4.93. The monoisotopic (exact) mass is 395 g/mol. The van der Waals surface area contributed by atoms with Gasteiger partial charge in [0.05, 0.1) is 5.69 Å². The third-order valence-corrected chi connectivity index (χ3v) is 6.25. The molecule has 31 heavy (non-hydrogen) atoms. The quantitative estimate of drug-likeness (QED) is 0.269. The molecule has 0 radical (unpaired) electrons. The third kappa shape index (κ3) is 2.90. The van der Waals surface area contributed by atoms with Gasteiger partial charge < -0.3 is 0 Å². The van der Waals surface area contributed by atoms with Gasteiger partial charge in [0.1, 0.15) is 0 Å². The van der Waals surface area contributed by atoms with Gasteiger partial charge in [-0.05, 0) is 62.7 Å². The first-order valence-corrected chi connectivity index (χ1v) is 10.7. The molecule has 0 unspecified atom stereocenters. The van der Waals surface area contributed by atoms with Crippen LogP contribution >= 0.6 is 0 Å². The van der Waals surface area contributed by atoms with Crippen molar-refractivity contribution in [3.05, 3.63) is 115 Å². The second-order valence-electron chi connectivity index (χ2n) is 8.10. The lowest BCUT2D eigenvalue weighted by Crippen LogP contribution is -1.91. The third-order valence-electron chi connectivity index (χ3n) is 6.25. The second kappa shape index (κ2) is 7.07. The van der Waals surface area contributed by atoms with Crippen molar-refractivity contribution in [2.75, 3.05) is 0 Å². The number of benzene rings is 5. The molecule has 0 fully saturated rings. The molecule has 5 aromatic carbocycles. The van der Waals surface area contributed by atoms with E-state index in [2.05, 4.69) is 110 Å². The van der Waals surface area contributed by atoms with Crippen LogP contribution in [-0.2, 0) is 0 Å². The highest BCUT2D eigenvalue weighted by molar-refractivity contribution is 6.25. The first-order chi connectivity index (χ1) is 15.3. The smallest absolute Gasteiger partial charge is 0.0711 e. The molecular formula is C30H21N. The van der Waals surface area contributed by atoms with Gasteiger partial charge in [0.25, 0.3) is 0 Å². The summed E-state index contributed by atoms with van der Waals surface area (Å²) in [5.41, 5.74) is 5.87. The summed E-state index contributed by atoms with van der Waals surface area (Å²) in [6, 6.07) is 36.8. The van der Waals surface area contributed by atoms with E-state index >= 15 is 0 Å². The Bertz CT molecular complexity index is 1540. The Morgan fingerprint density at radius 2 is 1.06 bits per heavy atom. The number of aromatic nitrogens is 1. The predicted octanol–water partition coefficient (Wildman–Crippen LogP) is 8.18. The normalized spacial score (nSPS) is 11.4. The molecule has 0 spiro atoms. The van der Waals surface area contributed by atoms with Gasteiger partial charge in [-0.2, -0.15) is 0 Å². The molecule has 146 valence electrons. The van der Waals surface area contributed by atoms with Crippen molar-refractivity contribution in [3.8, 4) is 22.4 Å². The number of pyridine rings is 1. The van der Waals surface area contributed by atoms with Crippen molar-refractivity contribution >= 4 is 32.3 Å². The molecular weight excluding hydrogens is 374 g/mol. The van der Waals surface area contributed by atoms with E-state index in [-0.39, 0.29) is 0 Å². The molecule has 0 atom stereocenters. The molecule has 1 aromatic heterocycles. The second-order valence-corrected chi connectivity index (χ2v) is 8.10. The van der Waals surface area contributed by atoms with Crippen LogP contribution in [0.5, 0.6) is 0 Å². The molecule has 0 aliphatic heterocycles. The molecule has 1 heterocycles. The molecule has 0 bridgehead atoms. The van der Waals surface area contributed by atoms with Crippen molar-refractivity contribution in [1.29, 1.82) is 0 Å². The Kier molecular flexibility index (Phi) is 4.07. The van der Waals surface area contributed by atoms with Gasteiger partial charge in [0, 0.05) is 17.1 Å². The van der Waals surface area contributed by atoms with Gasteiger partial charge in [0.2, 0.25) is 0 Å². The first kappa shape index (κ1) is 17.9. The highest BCUT2D eigenvalue weighted by Crippen LogP contribution is 2.37. The summed E-state index contributed by atoms with van der Waals surface area (Å²) >= 11 is 0. The van der Waals surface area contributed by atoms with Gasteiger partial charge >= 0.3 is 0 Å². The van der Waals surface area contributed by atoms with E-state index in [9.17, 15) is 0 Å². The highest BCUT2D eigenvalue weighted by Gasteiger charge is 2.12. The van der Waals surface area contributed by atoms with Crippen molar-refractivity contribution < 1.29 is 0 Å². The van der Waals surface area contributed by atoms with Gasteiger partial charge in [-0.15, -0.1) is 0 Å². The van der Waals surface area contributed by atoms with E-state index in [1.807, 2.05) is 6.20 Å². The number of nitrogens with zero attached hydrogens (tertiary/aromatic N) is 1. The molecule has 0 aliphatic rings. The van der Waals surface area contributed by atoms with Crippen LogP contribution in [0.25, 0.3) is 54.7 Å². The largest absolute Gasteiger partial charge is 0.256 e. The topological polar surface area (TPSA) is 12.9 Å². The molecule has 0 N–H and O–H groups in total. The zero-order chi connectivity index (χ0) is 20.8. The number of hydrogen-bond acceptors (Lipinski definition) is 1. The van der Waals surface area contributed by atoms with Crippen LogP contribution in [0.2, 0.25) is 0 Å². The molecule has 0 amide bonds. The molecule has 6 aromatic rings. The molecule has 0 saturated carbocycles. The standard InChI is InChI=1S/C30H21N/c1-20-15-16-22(21-9-3-2-4-10-21)17-27(20)30-18-28-25-13-7-5-11-23(25)24-12-6-8-14-26(24)29(28)19-31-30/h2-19H,1H3. The Labute approximate surface area is 181 Å². The van der Waals surface area contributed by atoms with Crippen LogP contribution in [0.4, 0.5) is 0 Å². The minimum absolute atomic E-state index is 1.02. The minimum Gasteiger partial charge on any atom is -0.256 e. The number of rotatable bonds is 2. The van der Waals surface area contributed by atoms with Crippen LogP contribution in [-0.4, -0.2) is 4.98 Å². The maximum absolute atomic E-state index is 4.93. The SMILES string of the molecule is Cc1ccc(-c2ccccc2)cc1-c1cc2c3ccccc3c3ccccc3c2cn1. The molecule has 1 nitrogen and oxygen atoms in total. The van der Waals surface area contributed by atoms with Crippen molar-refractivity contribution in [3.63, 3.8) is 0 Å². The van der Waals surface area contributed by atoms with E-state index < -0.39 is 0 Å². The highest BCUT2D eigenvalue weighted by atomic mass is 14.7. The van der Waals surface area contributed by atoms with Crippen LogP contribution in [0, 0.1) is 6.92 Å². The molecule has 0 aliphatic carbocycles. The fourth-order valence-electron chi connectivity index (χ4n) is 4.65. The lowest BCUT2D eigenvalue weighted by Gasteiger charge is -2.13. The lowest BCUT2D eigenvalue weighted by atomic mass is 9.93. The Balaban J connectivity index is 1.64. The predicted molar refractivity (Wildman–Crippen MR) is 132 cm³/mol. The maximum atomic E-state index is 4.93. The summed E-state index contributed by atoms with van der Waals surface area (Å²) in [7, 11) is 0. The van der Waals surface area contributed by atoms with E-state index in [1.165, 1.54) is 54.6 Å². The average molecular weight is 396 g/mol. The van der Waals surface area contributed by atoms with E-state index in [1.54, 1.807) is 0 Å². The fourth-order valence-corrected chi connectivity index (χ4v) is 4.65. The van der Waals surface area contributed by atoms with Crippen LogP contribution in [0.3, 0.4) is 0 Å². The van der Waals surface area contributed by atoms with Gasteiger partial charge in [-0.25, -0.2) is 0 Å². The minimum atomic E-state index is 1.02. The van der Waals surface area contributed by atoms with Gasteiger partial charge in [0.15, 0.2) is 0 Å². The summed E-state index contributed by atoms with van der Waals surface area (Å²) < 4.78 is 0. The summed E-state index contributed by atoms with van der Waals surface area (Å²) in [5, 5.41) is 7.56. The van der Waals surface area contributed by atoms with Crippen LogP contribution in [0.15, 0.2) is 109 Å². The molecule has 0 saturated heterocycles. The number of aryl methyl sites for hydroxylation is 1. The summed E-state index contributed by atoms with van der Waals surface area (Å²) in [6.07, 6.45) is 2.05. The Morgan fingerprint density at radius 3 is 1.74 bits per heavy atom.